The summed E-state index contributed by atoms with van der Waals surface area (Å²) in [6, 6.07) is 7.68. The molecule has 1 atom stereocenters. The number of aryl methyl sites for hydroxylation is 2. The first-order valence-electron chi connectivity index (χ1n) is 8.99. The van der Waals surface area contributed by atoms with Crippen molar-refractivity contribution in [3.05, 3.63) is 34.9 Å². The van der Waals surface area contributed by atoms with Crippen molar-refractivity contribution in [3.8, 4) is 0 Å². The molecular weight excluding hydrogens is 254 g/mol. The summed E-state index contributed by atoms with van der Waals surface area (Å²) in [7, 11) is 0. The molecule has 1 N–H and O–H groups in total. The van der Waals surface area contributed by atoms with Crippen LogP contribution < -0.4 is 5.32 Å². The summed E-state index contributed by atoms with van der Waals surface area (Å²) in [5, 5.41) is 3.84. The van der Waals surface area contributed by atoms with Crippen molar-refractivity contribution in [2.45, 2.75) is 78.7 Å². The average molecular weight is 287 g/mol. The minimum absolute atomic E-state index is 0.421. The molecule has 0 aliphatic heterocycles. The van der Waals surface area contributed by atoms with Gasteiger partial charge in [0.1, 0.15) is 0 Å². The Morgan fingerprint density at radius 1 is 1.05 bits per heavy atom. The number of hydrogen-bond acceptors (Lipinski definition) is 1. The molecule has 0 bridgehead atoms. The Bertz CT molecular complexity index is 443. The Morgan fingerprint density at radius 2 is 1.76 bits per heavy atom. The van der Waals surface area contributed by atoms with E-state index in [-0.39, 0.29) is 0 Å². The fourth-order valence-corrected chi connectivity index (χ4v) is 4.04. The monoisotopic (exact) mass is 287 g/mol. The van der Waals surface area contributed by atoms with E-state index < -0.39 is 0 Å². The van der Waals surface area contributed by atoms with E-state index >= 15 is 0 Å². The number of rotatable bonds is 6. The second kappa shape index (κ2) is 7.45. The van der Waals surface area contributed by atoms with Crippen LogP contribution in [0.15, 0.2) is 18.2 Å². The van der Waals surface area contributed by atoms with Crippen molar-refractivity contribution in [3.63, 3.8) is 0 Å². The van der Waals surface area contributed by atoms with E-state index in [1.807, 2.05) is 0 Å². The molecule has 1 nitrogen and oxygen atoms in total. The summed E-state index contributed by atoms with van der Waals surface area (Å²) < 4.78 is 0. The fourth-order valence-electron chi connectivity index (χ4n) is 4.04. The van der Waals surface area contributed by atoms with Gasteiger partial charge in [0.15, 0.2) is 0 Å². The molecule has 0 aromatic heterocycles. The van der Waals surface area contributed by atoms with Crippen molar-refractivity contribution in [1.82, 2.24) is 5.32 Å². The summed E-state index contributed by atoms with van der Waals surface area (Å²) in [4.78, 5) is 0. The highest BCUT2D eigenvalue weighted by Crippen LogP contribution is 2.46. The molecule has 1 aliphatic carbocycles. The molecule has 0 amide bonds. The first-order chi connectivity index (χ1) is 10.1. The molecule has 1 aromatic rings. The lowest BCUT2D eigenvalue weighted by Crippen LogP contribution is -2.38. The van der Waals surface area contributed by atoms with Gasteiger partial charge in [-0.1, -0.05) is 65.2 Å². The molecule has 1 aromatic carbocycles. The highest BCUT2D eigenvalue weighted by Gasteiger charge is 2.36. The van der Waals surface area contributed by atoms with Crippen LogP contribution in [0.4, 0.5) is 0 Å². The van der Waals surface area contributed by atoms with Gasteiger partial charge in [0.2, 0.25) is 0 Å². The lowest BCUT2D eigenvalue weighted by molar-refractivity contribution is 0.145. The average Bonchev–Trinajstić information content (AvgIpc) is 2.52. The second-order valence-corrected chi connectivity index (χ2v) is 6.95. The topological polar surface area (TPSA) is 12.0 Å². The van der Waals surface area contributed by atoms with Gasteiger partial charge >= 0.3 is 0 Å². The molecule has 1 aliphatic rings. The van der Waals surface area contributed by atoms with Crippen LogP contribution >= 0.6 is 0 Å². The van der Waals surface area contributed by atoms with Crippen LogP contribution in [0, 0.1) is 5.41 Å². The minimum Gasteiger partial charge on any atom is -0.310 e. The lowest BCUT2D eigenvalue weighted by Gasteiger charge is -2.42. The third-order valence-electron chi connectivity index (χ3n) is 5.41. The highest BCUT2D eigenvalue weighted by atomic mass is 14.9. The van der Waals surface area contributed by atoms with Crippen molar-refractivity contribution < 1.29 is 0 Å². The molecule has 1 unspecified atom stereocenters. The molecule has 1 heteroatoms. The Labute approximate surface area is 131 Å². The van der Waals surface area contributed by atoms with Crippen LogP contribution in [-0.2, 0) is 12.8 Å². The van der Waals surface area contributed by atoms with Gasteiger partial charge in [-0.15, -0.1) is 0 Å². The molecule has 0 heterocycles. The highest BCUT2D eigenvalue weighted by molar-refractivity contribution is 5.36. The predicted octanol–water partition coefficient (Wildman–Crippen LogP) is 5.43. The molecule has 21 heavy (non-hydrogen) atoms. The van der Waals surface area contributed by atoms with Crippen LogP contribution in [-0.4, -0.2) is 6.54 Å². The molecular formula is C20H33N. The fraction of sp³-hybridized carbons (Fsp3) is 0.700. The SMILES string of the molecule is CCNC(c1cc(CC)ccc1CC)C1(C)CCCCC1. The van der Waals surface area contributed by atoms with Crippen molar-refractivity contribution in [2.24, 2.45) is 5.41 Å². The Kier molecular flexibility index (Phi) is 5.87. The van der Waals surface area contributed by atoms with Crippen LogP contribution in [0.5, 0.6) is 0 Å². The summed E-state index contributed by atoms with van der Waals surface area (Å²) in [5.41, 5.74) is 5.00. The van der Waals surface area contributed by atoms with E-state index in [9.17, 15) is 0 Å². The first-order valence-corrected chi connectivity index (χ1v) is 8.99. The standard InChI is InChI=1S/C20H33N/c1-5-16-11-12-17(6-2)18(15-16)19(21-7-3)20(4)13-9-8-10-14-20/h11-12,15,19,21H,5-10,13-14H2,1-4H3. The van der Waals surface area contributed by atoms with Crippen molar-refractivity contribution >= 4 is 0 Å². The van der Waals surface area contributed by atoms with Gasteiger partial charge in [0.05, 0.1) is 0 Å². The van der Waals surface area contributed by atoms with Gasteiger partial charge in [0, 0.05) is 6.04 Å². The van der Waals surface area contributed by atoms with Crippen LogP contribution in [0.3, 0.4) is 0 Å². The molecule has 2 rings (SSSR count). The third-order valence-corrected chi connectivity index (χ3v) is 5.41. The summed E-state index contributed by atoms with van der Waals surface area (Å²) in [5.74, 6) is 0. The van der Waals surface area contributed by atoms with Gasteiger partial charge in [-0.2, -0.15) is 0 Å². The normalized spacial score (nSPS) is 19.4. The summed E-state index contributed by atoms with van der Waals surface area (Å²) in [6.07, 6.45) is 9.21. The van der Waals surface area contributed by atoms with Gasteiger partial charge in [-0.25, -0.2) is 0 Å². The molecule has 0 spiro atoms. The minimum atomic E-state index is 0.421. The molecule has 0 radical (unpaired) electrons. The van der Waals surface area contributed by atoms with E-state index in [1.165, 1.54) is 43.2 Å². The quantitative estimate of drug-likeness (QED) is 0.735. The maximum absolute atomic E-state index is 3.84. The zero-order valence-electron chi connectivity index (χ0n) is 14.5. The molecule has 1 fully saturated rings. The Morgan fingerprint density at radius 3 is 2.33 bits per heavy atom. The van der Waals surface area contributed by atoms with Crippen LogP contribution in [0.2, 0.25) is 0 Å². The van der Waals surface area contributed by atoms with E-state index in [2.05, 4.69) is 51.2 Å². The largest absolute Gasteiger partial charge is 0.310 e. The van der Waals surface area contributed by atoms with Gasteiger partial charge in [0.25, 0.3) is 0 Å². The number of hydrogen-bond donors (Lipinski definition) is 1. The maximum Gasteiger partial charge on any atom is 0.0377 e. The van der Waals surface area contributed by atoms with Crippen LogP contribution in [0.25, 0.3) is 0 Å². The summed E-state index contributed by atoms with van der Waals surface area (Å²) >= 11 is 0. The first kappa shape index (κ1) is 16.5. The maximum atomic E-state index is 3.84. The zero-order valence-corrected chi connectivity index (χ0v) is 14.5. The van der Waals surface area contributed by atoms with Gasteiger partial charge in [-0.3, -0.25) is 0 Å². The van der Waals surface area contributed by atoms with E-state index in [1.54, 1.807) is 5.56 Å². The molecule has 1 saturated carbocycles. The van der Waals surface area contributed by atoms with E-state index in [0.717, 1.165) is 19.4 Å². The number of benzene rings is 1. The summed E-state index contributed by atoms with van der Waals surface area (Å²) in [6.45, 7) is 10.4. The van der Waals surface area contributed by atoms with Crippen LogP contribution in [0.1, 0.15) is 82.5 Å². The van der Waals surface area contributed by atoms with Gasteiger partial charge in [-0.05, 0) is 54.3 Å². The van der Waals surface area contributed by atoms with Gasteiger partial charge < -0.3 is 5.32 Å². The number of nitrogens with one attached hydrogen (secondary N) is 1. The van der Waals surface area contributed by atoms with Crippen molar-refractivity contribution in [2.75, 3.05) is 6.54 Å². The Hall–Kier alpha value is -0.820. The van der Waals surface area contributed by atoms with E-state index in [4.69, 9.17) is 0 Å². The molecule has 118 valence electrons. The molecule has 0 saturated heterocycles. The lowest BCUT2D eigenvalue weighted by atomic mass is 9.67. The zero-order chi connectivity index (χ0) is 15.3. The smallest absolute Gasteiger partial charge is 0.0377 e. The van der Waals surface area contributed by atoms with Crippen molar-refractivity contribution in [1.29, 1.82) is 0 Å². The Balaban J connectivity index is 2.41. The predicted molar refractivity (Wildman–Crippen MR) is 92.8 cm³/mol. The third kappa shape index (κ3) is 3.69. The van der Waals surface area contributed by atoms with E-state index in [0.29, 0.717) is 11.5 Å². The second-order valence-electron chi connectivity index (χ2n) is 6.95.